The second-order valence-electron chi connectivity index (χ2n) is 7.13. The number of aromatic nitrogens is 2. The minimum atomic E-state index is -4.64. The maximum absolute atomic E-state index is 12.9. The van der Waals surface area contributed by atoms with Gasteiger partial charge in [-0.05, 0) is 17.7 Å². The molecule has 0 unspecified atom stereocenters. The summed E-state index contributed by atoms with van der Waals surface area (Å²) in [4.78, 5) is 16.2. The lowest BCUT2D eigenvalue weighted by molar-refractivity contribution is -0.141. The Balaban J connectivity index is 1.74. The zero-order valence-corrected chi connectivity index (χ0v) is 16.8. The van der Waals surface area contributed by atoms with Crippen molar-refractivity contribution in [3.05, 3.63) is 47.3 Å². The van der Waals surface area contributed by atoms with Crippen LogP contribution >= 0.6 is 0 Å². The van der Waals surface area contributed by atoms with Crippen LogP contribution in [-0.4, -0.2) is 72.0 Å². The molecule has 1 aromatic carbocycles. The van der Waals surface area contributed by atoms with Crippen LogP contribution in [0.15, 0.2) is 30.3 Å². The lowest BCUT2D eigenvalue weighted by atomic mass is 10.2. The number of H-pyrrole nitrogens is 1. The van der Waals surface area contributed by atoms with Crippen molar-refractivity contribution in [2.24, 2.45) is 0 Å². The van der Waals surface area contributed by atoms with E-state index in [2.05, 4.69) is 5.10 Å². The highest BCUT2D eigenvalue weighted by Crippen LogP contribution is 2.28. The number of nitrogen functional groups attached to an aromatic ring is 1. The number of hydrogen-bond donors (Lipinski definition) is 2. The van der Waals surface area contributed by atoms with Gasteiger partial charge in [-0.1, -0.05) is 12.1 Å². The Bertz CT molecular complexity index is 992. The van der Waals surface area contributed by atoms with Gasteiger partial charge in [0, 0.05) is 44.5 Å². The van der Waals surface area contributed by atoms with Crippen LogP contribution in [0.1, 0.15) is 21.7 Å². The zero-order valence-electron chi connectivity index (χ0n) is 16.0. The van der Waals surface area contributed by atoms with E-state index in [0.29, 0.717) is 31.4 Å². The SMILES string of the molecule is Nc1cccc(CN(CCN2CCS(=O)(=O)CC2)C(=O)c2cc(C(F)(F)F)[nH]n2)c1. The van der Waals surface area contributed by atoms with Gasteiger partial charge in [-0.3, -0.25) is 14.8 Å². The van der Waals surface area contributed by atoms with Crippen LogP contribution in [0, 0.1) is 0 Å². The van der Waals surface area contributed by atoms with Gasteiger partial charge >= 0.3 is 6.18 Å². The predicted octanol–water partition coefficient (Wildman–Crippen LogP) is 1.38. The first kappa shape index (κ1) is 22.1. The number of aromatic amines is 1. The summed E-state index contributed by atoms with van der Waals surface area (Å²) in [5.41, 5.74) is 5.56. The number of hydrogen-bond acceptors (Lipinski definition) is 6. The fourth-order valence-electron chi connectivity index (χ4n) is 3.14. The molecule has 8 nitrogen and oxygen atoms in total. The van der Waals surface area contributed by atoms with E-state index in [0.717, 1.165) is 5.56 Å². The lowest BCUT2D eigenvalue weighted by Gasteiger charge is -2.30. The molecule has 164 valence electrons. The first-order valence-corrected chi connectivity index (χ1v) is 11.0. The molecule has 0 aliphatic carbocycles. The first-order chi connectivity index (χ1) is 14.0. The summed E-state index contributed by atoms with van der Waals surface area (Å²) in [6.07, 6.45) is -4.64. The van der Waals surface area contributed by atoms with E-state index in [9.17, 15) is 26.4 Å². The van der Waals surface area contributed by atoms with Crippen molar-refractivity contribution >= 4 is 21.4 Å². The molecule has 0 bridgehead atoms. The summed E-state index contributed by atoms with van der Waals surface area (Å²) in [7, 11) is -3.03. The quantitative estimate of drug-likeness (QED) is 0.650. The third-order valence-electron chi connectivity index (χ3n) is 4.84. The van der Waals surface area contributed by atoms with Crippen molar-refractivity contribution in [1.29, 1.82) is 0 Å². The van der Waals surface area contributed by atoms with E-state index < -0.39 is 27.6 Å². The molecule has 1 fully saturated rings. The molecule has 3 N–H and O–H groups in total. The van der Waals surface area contributed by atoms with Crippen LogP contribution in [0.2, 0.25) is 0 Å². The van der Waals surface area contributed by atoms with E-state index in [1.165, 1.54) is 4.90 Å². The monoisotopic (exact) mass is 445 g/mol. The Morgan fingerprint density at radius 1 is 1.23 bits per heavy atom. The molecule has 12 heteroatoms. The highest BCUT2D eigenvalue weighted by atomic mass is 32.2. The van der Waals surface area contributed by atoms with Crippen LogP contribution in [0.25, 0.3) is 0 Å². The Morgan fingerprint density at radius 3 is 2.53 bits per heavy atom. The third kappa shape index (κ3) is 5.72. The molecule has 30 heavy (non-hydrogen) atoms. The summed E-state index contributed by atoms with van der Waals surface area (Å²) < 4.78 is 61.7. The lowest BCUT2D eigenvalue weighted by Crippen LogP contribution is -2.45. The van der Waals surface area contributed by atoms with Gasteiger partial charge < -0.3 is 10.6 Å². The number of nitrogens with one attached hydrogen (secondary N) is 1. The standard InChI is InChI=1S/C18H22F3N5O3S/c19-18(20,21)16-11-15(23-24-16)17(27)26(12-13-2-1-3-14(22)10-13)5-4-25-6-8-30(28,29)9-7-25/h1-3,10-11H,4-9,12,22H2,(H,23,24). The number of amides is 1. The molecule has 0 spiro atoms. The molecule has 3 rings (SSSR count). The molecular formula is C18H22F3N5O3S. The summed E-state index contributed by atoms with van der Waals surface area (Å²) in [6, 6.07) is 7.53. The van der Waals surface area contributed by atoms with Crippen molar-refractivity contribution in [1.82, 2.24) is 20.0 Å². The summed E-state index contributed by atoms with van der Waals surface area (Å²) in [6.45, 7) is 1.42. The smallest absolute Gasteiger partial charge is 0.399 e. The minimum Gasteiger partial charge on any atom is -0.399 e. The number of rotatable bonds is 6. The van der Waals surface area contributed by atoms with E-state index in [4.69, 9.17) is 5.73 Å². The predicted molar refractivity (Wildman–Crippen MR) is 104 cm³/mol. The molecule has 1 aliphatic heterocycles. The molecule has 1 aliphatic rings. The fourth-order valence-corrected chi connectivity index (χ4v) is 4.42. The normalized spacial score (nSPS) is 17.0. The molecule has 1 aromatic heterocycles. The Kier molecular flexibility index (Phi) is 6.36. The van der Waals surface area contributed by atoms with Crippen LogP contribution in [0.3, 0.4) is 0 Å². The second kappa shape index (κ2) is 8.64. The van der Waals surface area contributed by atoms with Gasteiger partial charge in [0.25, 0.3) is 5.91 Å². The van der Waals surface area contributed by atoms with E-state index >= 15 is 0 Å². The van der Waals surface area contributed by atoms with Crippen molar-refractivity contribution in [2.45, 2.75) is 12.7 Å². The van der Waals surface area contributed by atoms with Gasteiger partial charge in [-0.2, -0.15) is 18.3 Å². The van der Waals surface area contributed by atoms with Gasteiger partial charge in [0.2, 0.25) is 0 Å². The Hall–Kier alpha value is -2.60. The summed E-state index contributed by atoms with van der Waals surface area (Å²) in [5.74, 6) is -0.566. The minimum absolute atomic E-state index is 0.0461. The summed E-state index contributed by atoms with van der Waals surface area (Å²) >= 11 is 0. The van der Waals surface area contributed by atoms with Gasteiger partial charge in [0.15, 0.2) is 15.5 Å². The molecule has 2 aromatic rings. The van der Waals surface area contributed by atoms with Gasteiger partial charge in [-0.15, -0.1) is 0 Å². The number of carbonyl (C=O) groups excluding carboxylic acids is 1. The van der Waals surface area contributed by atoms with Crippen molar-refractivity contribution in [2.75, 3.05) is 43.4 Å². The number of nitrogens with two attached hydrogens (primary N) is 1. The molecule has 0 radical (unpaired) electrons. The number of nitrogens with zero attached hydrogens (tertiary/aromatic N) is 3. The van der Waals surface area contributed by atoms with Crippen molar-refractivity contribution < 1.29 is 26.4 Å². The van der Waals surface area contributed by atoms with E-state index in [1.54, 1.807) is 24.3 Å². The van der Waals surface area contributed by atoms with Crippen LogP contribution in [0.5, 0.6) is 0 Å². The number of benzene rings is 1. The van der Waals surface area contributed by atoms with Crippen molar-refractivity contribution in [3.8, 4) is 0 Å². The van der Waals surface area contributed by atoms with Gasteiger partial charge in [0.05, 0.1) is 11.5 Å². The fraction of sp³-hybridized carbons (Fsp3) is 0.444. The largest absolute Gasteiger partial charge is 0.432 e. The highest BCUT2D eigenvalue weighted by molar-refractivity contribution is 7.91. The van der Waals surface area contributed by atoms with Crippen LogP contribution in [0.4, 0.5) is 18.9 Å². The highest BCUT2D eigenvalue weighted by Gasteiger charge is 2.34. The van der Waals surface area contributed by atoms with Crippen LogP contribution in [-0.2, 0) is 22.6 Å². The van der Waals surface area contributed by atoms with Crippen LogP contribution < -0.4 is 5.73 Å². The van der Waals surface area contributed by atoms with Gasteiger partial charge in [-0.25, -0.2) is 8.42 Å². The number of carbonyl (C=O) groups is 1. The Labute approximate surface area is 171 Å². The zero-order chi connectivity index (χ0) is 21.9. The Morgan fingerprint density at radius 2 is 1.93 bits per heavy atom. The van der Waals surface area contributed by atoms with Crippen molar-refractivity contribution in [3.63, 3.8) is 0 Å². The number of alkyl halides is 3. The van der Waals surface area contributed by atoms with E-state index in [1.807, 2.05) is 10.00 Å². The average molecular weight is 445 g/mol. The van der Waals surface area contributed by atoms with E-state index in [-0.39, 0.29) is 30.3 Å². The molecule has 2 heterocycles. The maximum atomic E-state index is 12.9. The topological polar surface area (TPSA) is 112 Å². The molecule has 0 atom stereocenters. The number of anilines is 1. The average Bonchev–Trinajstić information content (AvgIpc) is 3.16. The molecule has 1 amide bonds. The van der Waals surface area contributed by atoms with Gasteiger partial charge in [0.1, 0.15) is 5.69 Å². The first-order valence-electron chi connectivity index (χ1n) is 9.22. The molecule has 1 saturated heterocycles. The second-order valence-corrected chi connectivity index (χ2v) is 9.43. The number of halogens is 3. The maximum Gasteiger partial charge on any atom is 0.432 e. The third-order valence-corrected chi connectivity index (χ3v) is 6.45. The number of sulfone groups is 1. The molecule has 0 saturated carbocycles. The summed E-state index contributed by atoms with van der Waals surface area (Å²) in [5, 5.41) is 5.37. The molecular weight excluding hydrogens is 423 g/mol.